The van der Waals surface area contributed by atoms with Gasteiger partial charge >= 0.3 is 0 Å². The highest BCUT2D eigenvalue weighted by atomic mass is 127. The van der Waals surface area contributed by atoms with E-state index < -0.39 is 0 Å². The molecule has 0 fully saturated rings. The van der Waals surface area contributed by atoms with E-state index in [0.717, 1.165) is 22.4 Å². The first-order valence-corrected chi connectivity index (χ1v) is 8.66. The molecular formula is C11H10Br2IN3S. The van der Waals surface area contributed by atoms with Crippen molar-refractivity contribution in [3.8, 4) is 10.7 Å². The van der Waals surface area contributed by atoms with E-state index in [9.17, 15) is 0 Å². The molecule has 2 rings (SSSR count). The van der Waals surface area contributed by atoms with Crippen molar-refractivity contribution in [3.63, 3.8) is 0 Å². The summed E-state index contributed by atoms with van der Waals surface area (Å²) in [6, 6.07) is 2.00. The molecule has 0 aliphatic heterocycles. The molecule has 0 unspecified atom stereocenters. The van der Waals surface area contributed by atoms with Crippen LogP contribution in [0.5, 0.6) is 0 Å². The van der Waals surface area contributed by atoms with Crippen LogP contribution in [0.1, 0.15) is 25.5 Å². The monoisotopic (exact) mass is 501 g/mol. The molecule has 0 saturated carbocycles. The summed E-state index contributed by atoms with van der Waals surface area (Å²) < 4.78 is 2.99. The van der Waals surface area contributed by atoms with Crippen LogP contribution in [0.25, 0.3) is 10.7 Å². The Balaban J connectivity index is 2.58. The predicted molar refractivity (Wildman–Crippen MR) is 92.0 cm³/mol. The number of halogens is 3. The summed E-state index contributed by atoms with van der Waals surface area (Å²) in [5.41, 5.74) is 6.96. The minimum absolute atomic E-state index is 0.327. The molecule has 0 spiro atoms. The topological polar surface area (TPSA) is 51.8 Å². The van der Waals surface area contributed by atoms with Gasteiger partial charge in [0, 0.05) is 4.47 Å². The van der Waals surface area contributed by atoms with Crippen molar-refractivity contribution >= 4 is 71.6 Å². The Morgan fingerprint density at radius 3 is 2.50 bits per heavy atom. The lowest BCUT2D eigenvalue weighted by atomic mass is 10.1. The van der Waals surface area contributed by atoms with Crippen molar-refractivity contribution in [2.45, 2.75) is 19.8 Å². The van der Waals surface area contributed by atoms with E-state index in [2.05, 4.69) is 78.3 Å². The molecule has 3 nitrogen and oxygen atoms in total. The van der Waals surface area contributed by atoms with Crippen LogP contribution in [0.3, 0.4) is 0 Å². The highest BCUT2D eigenvalue weighted by Crippen LogP contribution is 2.38. The molecule has 0 atom stereocenters. The molecular weight excluding hydrogens is 493 g/mol. The zero-order chi connectivity index (χ0) is 13.4. The third-order valence-electron chi connectivity index (χ3n) is 2.31. The first-order chi connectivity index (χ1) is 8.40. The molecule has 0 radical (unpaired) electrons. The van der Waals surface area contributed by atoms with Crippen LogP contribution in [0.15, 0.2) is 14.3 Å². The largest absolute Gasteiger partial charge is 0.383 e. The Labute approximate surface area is 140 Å². The lowest BCUT2D eigenvalue weighted by Gasteiger charge is -2.10. The smallest absolute Gasteiger partial charge is 0.172 e. The number of anilines is 1. The van der Waals surface area contributed by atoms with Crippen molar-refractivity contribution in [3.05, 3.63) is 23.6 Å². The first kappa shape index (κ1) is 14.7. The van der Waals surface area contributed by atoms with Gasteiger partial charge in [-0.25, -0.2) is 9.97 Å². The summed E-state index contributed by atoms with van der Waals surface area (Å²) in [6.07, 6.45) is 0. The number of hydrogen-bond acceptors (Lipinski definition) is 4. The predicted octanol–water partition coefficient (Wildman–Crippen LogP) is 5.04. The number of nitrogen functional groups attached to an aromatic ring is 1. The highest BCUT2D eigenvalue weighted by Gasteiger charge is 2.16. The molecule has 2 aromatic rings. The van der Waals surface area contributed by atoms with Gasteiger partial charge in [0.2, 0.25) is 0 Å². The van der Waals surface area contributed by atoms with Gasteiger partial charge < -0.3 is 5.73 Å². The van der Waals surface area contributed by atoms with Crippen LogP contribution in [-0.2, 0) is 0 Å². The van der Waals surface area contributed by atoms with Crippen molar-refractivity contribution < 1.29 is 0 Å². The molecule has 0 bridgehead atoms. The maximum absolute atomic E-state index is 5.96. The van der Waals surface area contributed by atoms with E-state index >= 15 is 0 Å². The summed E-state index contributed by atoms with van der Waals surface area (Å²) >= 11 is 10.7. The molecule has 96 valence electrons. The molecule has 7 heteroatoms. The fraction of sp³-hybridized carbons (Fsp3) is 0.273. The van der Waals surface area contributed by atoms with Crippen molar-refractivity contribution in [1.29, 1.82) is 0 Å². The molecule has 2 N–H and O–H groups in total. The third kappa shape index (κ3) is 2.88. The number of rotatable bonds is 2. The summed E-state index contributed by atoms with van der Waals surface area (Å²) in [7, 11) is 0. The zero-order valence-corrected chi connectivity index (χ0v) is 15.8. The molecule has 0 aliphatic rings. The summed E-state index contributed by atoms with van der Waals surface area (Å²) in [5, 5.41) is 0. The van der Waals surface area contributed by atoms with E-state index in [4.69, 9.17) is 5.73 Å². The van der Waals surface area contributed by atoms with Gasteiger partial charge in [-0.1, -0.05) is 13.8 Å². The Hall–Kier alpha value is 0.270. The number of hydrogen-bond donors (Lipinski definition) is 1. The van der Waals surface area contributed by atoms with Gasteiger partial charge in [-0.15, -0.1) is 11.3 Å². The first-order valence-electron chi connectivity index (χ1n) is 5.18. The van der Waals surface area contributed by atoms with Crippen LogP contribution in [0.4, 0.5) is 5.82 Å². The Bertz CT molecular complexity index is 579. The maximum Gasteiger partial charge on any atom is 0.172 e. The second-order valence-corrected chi connectivity index (χ2v) is 8.32. The van der Waals surface area contributed by atoms with Gasteiger partial charge in [-0.3, -0.25) is 0 Å². The average Bonchev–Trinajstić information content (AvgIpc) is 2.62. The minimum Gasteiger partial charge on any atom is -0.383 e. The SMILES string of the molecule is CC(C)c1nc(-c2cc(Br)c(Br)s2)nc(N)c1I. The summed E-state index contributed by atoms with van der Waals surface area (Å²) in [6.45, 7) is 4.21. The van der Waals surface area contributed by atoms with Crippen LogP contribution in [0.2, 0.25) is 0 Å². The van der Waals surface area contributed by atoms with Gasteiger partial charge in [0.05, 0.1) is 17.9 Å². The normalized spacial score (nSPS) is 11.2. The van der Waals surface area contributed by atoms with Crippen molar-refractivity contribution in [2.24, 2.45) is 0 Å². The van der Waals surface area contributed by atoms with Gasteiger partial charge in [0.15, 0.2) is 5.82 Å². The molecule has 0 aromatic carbocycles. The third-order valence-corrected chi connectivity index (χ3v) is 6.67. The van der Waals surface area contributed by atoms with Crippen LogP contribution < -0.4 is 5.73 Å². The van der Waals surface area contributed by atoms with E-state index in [-0.39, 0.29) is 0 Å². The average molecular weight is 503 g/mol. The lowest BCUT2D eigenvalue weighted by molar-refractivity contribution is 0.810. The zero-order valence-electron chi connectivity index (χ0n) is 9.67. The number of nitrogens with two attached hydrogens (primary N) is 1. The fourth-order valence-corrected chi connectivity index (χ4v) is 4.27. The highest BCUT2D eigenvalue weighted by molar-refractivity contribution is 14.1. The molecule has 0 aliphatic carbocycles. The molecule has 18 heavy (non-hydrogen) atoms. The van der Waals surface area contributed by atoms with Crippen molar-refractivity contribution in [2.75, 3.05) is 5.73 Å². The Kier molecular flexibility index (Phi) is 4.66. The quantitative estimate of drug-likeness (QED) is 0.585. The Morgan fingerprint density at radius 2 is 2.00 bits per heavy atom. The number of aromatic nitrogens is 2. The lowest BCUT2D eigenvalue weighted by Crippen LogP contribution is -2.05. The van der Waals surface area contributed by atoms with Crippen LogP contribution >= 0.6 is 65.8 Å². The molecule has 0 amide bonds. The second kappa shape index (κ2) is 5.72. The minimum atomic E-state index is 0.327. The number of thiophene rings is 1. The maximum atomic E-state index is 5.96. The Morgan fingerprint density at radius 1 is 1.33 bits per heavy atom. The summed E-state index contributed by atoms with van der Waals surface area (Å²) in [5.74, 6) is 1.56. The van der Waals surface area contributed by atoms with Gasteiger partial charge in [0.25, 0.3) is 0 Å². The van der Waals surface area contributed by atoms with Gasteiger partial charge in [0.1, 0.15) is 5.82 Å². The second-order valence-electron chi connectivity index (χ2n) is 4.02. The van der Waals surface area contributed by atoms with Crippen LogP contribution in [-0.4, -0.2) is 9.97 Å². The van der Waals surface area contributed by atoms with E-state index in [0.29, 0.717) is 17.6 Å². The number of nitrogens with zero attached hydrogens (tertiary/aromatic N) is 2. The molecule has 2 aromatic heterocycles. The fourth-order valence-electron chi connectivity index (χ4n) is 1.43. The van der Waals surface area contributed by atoms with Gasteiger partial charge in [-0.2, -0.15) is 0 Å². The van der Waals surface area contributed by atoms with E-state index in [1.165, 1.54) is 0 Å². The van der Waals surface area contributed by atoms with Crippen LogP contribution in [0, 0.1) is 3.57 Å². The standard InChI is InChI=1S/C11H10Br2IN3S/c1-4(2)8-7(14)10(15)17-11(16-8)6-3-5(12)9(13)18-6/h3-4H,1-2H3,(H2,15,16,17). The van der Waals surface area contributed by atoms with E-state index in [1.54, 1.807) is 11.3 Å². The molecule has 2 heterocycles. The van der Waals surface area contributed by atoms with Gasteiger partial charge in [-0.05, 0) is 66.4 Å². The van der Waals surface area contributed by atoms with E-state index in [1.807, 2.05) is 6.07 Å². The summed E-state index contributed by atoms with van der Waals surface area (Å²) in [4.78, 5) is 9.99. The van der Waals surface area contributed by atoms with Crippen molar-refractivity contribution in [1.82, 2.24) is 9.97 Å². The molecule has 0 saturated heterocycles.